The number of hydrogen-bond donors (Lipinski definition) is 0. The molecule has 0 saturated heterocycles. The molecule has 0 aliphatic carbocycles. The average Bonchev–Trinajstić information content (AvgIpc) is 2.74. The largest absolute Gasteiger partial charge is 0.497 e. The summed E-state index contributed by atoms with van der Waals surface area (Å²) in [6.07, 6.45) is 1.41. The maximum absolute atomic E-state index is 13.5. The average molecular weight is 390 g/mol. The second kappa shape index (κ2) is 7.54. The van der Waals surface area contributed by atoms with E-state index in [1.54, 1.807) is 29.9 Å². The second-order valence-electron chi connectivity index (χ2n) is 7.01. The van der Waals surface area contributed by atoms with Crippen LogP contribution in [-0.4, -0.2) is 16.7 Å². The van der Waals surface area contributed by atoms with Gasteiger partial charge < -0.3 is 9.15 Å². The Balaban J connectivity index is 2.06. The van der Waals surface area contributed by atoms with Gasteiger partial charge >= 0.3 is 0 Å². The molecule has 0 saturated carbocycles. The Morgan fingerprint density at radius 3 is 2.59 bits per heavy atom. The molecule has 1 unspecified atom stereocenters. The summed E-state index contributed by atoms with van der Waals surface area (Å²) in [5, 5.41) is 0.310. The normalized spacial score (nSPS) is 12.4. The zero-order valence-electron chi connectivity index (χ0n) is 16.6. The van der Waals surface area contributed by atoms with Gasteiger partial charge in [-0.2, -0.15) is 4.98 Å². The van der Waals surface area contributed by atoms with E-state index in [2.05, 4.69) is 4.98 Å². The summed E-state index contributed by atoms with van der Waals surface area (Å²) >= 11 is 0. The van der Waals surface area contributed by atoms with Crippen molar-refractivity contribution in [3.05, 3.63) is 80.5 Å². The van der Waals surface area contributed by atoms with E-state index >= 15 is 0 Å². The summed E-state index contributed by atoms with van der Waals surface area (Å²) in [7, 11) is 1.54. The van der Waals surface area contributed by atoms with Crippen molar-refractivity contribution in [2.24, 2.45) is 0 Å². The Labute approximate surface area is 167 Å². The van der Waals surface area contributed by atoms with Crippen molar-refractivity contribution in [2.75, 3.05) is 7.11 Å². The third kappa shape index (κ3) is 3.20. The van der Waals surface area contributed by atoms with Crippen molar-refractivity contribution in [2.45, 2.75) is 32.7 Å². The maximum atomic E-state index is 13.5. The van der Waals surface area contributed by atoms with Crippen LogP contribution in [0, 0.1) is 0 Å². The van der Waals surface area contributed by atoms with Gasteiger partial charge in [0.05, 0.1) is 18.5 Å². The van der Waals surface area contributed by atoms with Gasteiger partial charge in [0.2, 0.25) is 11.1 Å². The predicted molar refractivity (Wildman–Crippen MR) is 113 cm³/mol. The minimum Gasteiger partial charge on any atom is -0.497 e. The molecule has 148 valence electrons. The number of hydrogen-bond acceptors (Lipinski definition) is 5. The Morgan fingerprint density at radius 2 is 1.90 bits per heavy atom. The molecule has 1 atom stereocenters. The van der Waals surface area contributed by atoms with Crippen molar-refractivity contribution in [1.29, 1.82) is 0 Å². The van der Waals surface area contributed by atoms with Crippen LogP contribution in [0.2, 0.25) is 0 Å². The minimum absolute atomic E-state index is 0.0229. The maximum Gasteiger partial charge on any atom is 0.269 e. The van der Waals surface area contributed by atoms with Crippen LogP contribution in [0.5, 0.6) is 5.75 Å². The molecule has 4 aromatic rings. The van der Waals surface area contributed by atoms with Crippen LogP contribution in [0.4, 0.5) is 0 Å². The highest BCUT2D eigenvalue weighted by Gasteiger charge is 2.21. The highest BCUT2D eigenvalue weighted by atomic mass is 16.5. The van der Waals surface area contributed by atoms with Crippen LogP contribution in [0.3, 0.4) is 0 Å². The first-order valence-electron chi connectivity index (χ1n) is 9.66. The van der Waals surface area contributed by atoms with Crippen molar-refractivity contribution in [1.82, 2.24) is 9.55 Å². The van der Waals surface area contributed by atoms with E-state index in [0.717, 1.165) is 12.0 Å². The van der Waals surface area contributed by atoms with Crippen LogP contribution in [0.1, 0.15) is 37.7 Å². The number of methoxy groups -OCH3 is 1. The standard InChI is InChI=1S/C23H22N2O4/c1-4-8-19-24-22-20(21(26)17-12-11-16(28-3)13-18(17)29-22)23(27)25(19)14(2)15-9-6-5-7-10-15/h5-7,9-14H,4,8H2,1-3H3. The van der Waals surface area contributed by atoms with Crippen molar-refractivity contribution >= 4 is 22.1 Å². The molecule has 0 radical (unpaired) electrons. The lowest BCUT2D eigenvalue weighted by molar-refractivity contribution is 0.414. The number of benzene rings is 2. The lowest BCUT2D eigenvalue weighted by Gasteiger charge is -2.20. The molecule has 6 nitrogen and oxygen atoms in total. The molecule has 0 N–H and O–H groups in total. The van der Waals surface area contributed by atoms with Crippen LogP contribution < -0.4 is 15.7 Å². The molecule has 0 fully saturated rings. The van der Waals surface area contributed by atoms with E-state index in [1.807, 2.05) is 44.2 Å². The Morgan fingerprint density at radius 1 is 1.14 bits per heavy atom. The van der Waals surface area contributed by atoms with Gasteiger partial charge in [0, 0.05) is 12.5 Å². The summed E-state index contributed by atoms with van der Waals surface area (Å²) in [6, 6.07) is 14.4. The van der Waals surface area contributed by atoms with Crippen molar-refractivity contribution < 1.29 is 9.15 Å². The summed E-state index contributed by atoms with van der Waals surface area (Å²) < 4.78 is 12.7. The number of aryl methyl sites for hydroxylation is 1. The molecule has 0 aliphatic heterocycles. The van der Waals surface area contributed by atoms with Gasteiger partial charge in [-0.25, -0.2) is 0 Å². The number of aromatic nitrogens is 2. The van der Waals surface area contributed by atoms with E-state index in [1.165, 1.54) is 0 Å². The molecule has 6 heteroatoms. The molecule has 0 bridgehead atoms. The third-order valence-electron chi connectivity index (χ3n) is 5.17. The molecular formula is C23H22N2O4. The van der Waals surface area contributed by atoms with Gasteiger partial charge in [-0.3, -0.25) is 14.2 Å². The molecular weight excluding hydrogens is 368 g/mol. The molecule has 0 aliphatic rings. The molecule has 0 amide bonds. The zero-order valence-corrected chi connectivity index (χ0v) is 16.6. The fourth-order valence-electron chi connectivity index (χ4n) is 3.64. The minimum atomic E-state index is -0.376. The first-order valence-corrected chi connectivity index (χ1v) is 9.66. The quantitative estimate of drug-likeness (QED) is 0.480. The first-order chi connectivity index (χ1) is 14.0. The summed E-state index contributed by atoms with van der Waals surface area (Å²) in [6.45, 7) is 3.96. The molecule has 2 aromatic carbocycles. The molecule has 0 spiro atoms. The molecule has 2 heterocycles. The van der Waals surface area contributed by atoms with E-state index in [9.17, 15) is 9.59 Å². The van der Waals surface area contributed by atoms with Gasteiger partial charge in [0.1, 0.15) is 17.2 Å². The number of fused-ring (bicyclic) bond motifs is 2. The first kappa shape index (κ1) is 18.9. The van der Waals surface area contributed by atoms with Crippen LogP contribution >= 0.6 is 0 Å². The highest BCUT2D eigenvalue weighted by molar-refractivity contribution is 5.88. The predicted octanol–water partition coefficient (Wildman–Crippen LogP) is 4.07. The Kier molecular flexibility index (Phi) is 4.92. The van der Waals surface area contributed by atoms with E-state index in [4.69, 9.17) is 9.15 Å². The highest BCUT2D eigenvalue weighted by Crippen LogP contribution is 2.23. The summed E-state index contributed by atoms with van der Waals surface area (Å²) in [5.74, 6) is 1.17. The van der Waals surface area contributed by atoms with E-state index < -0.39 is 0 Å². The van der Waals surface area contributed by atoms with Gasteiger partial charge in [0.25, 0.3) is 5.56 Å². The lowest BCUT2D eigenvalue weighted by Crippen LogP contribution is -2.31. The SMILES string of the molecule is CCCc1nc2oc3cc(OC)ccc3c(=O)c2c(=O)n1C(C)c1ccccc1. The van der Waals surface area contributed by atoms with Gasteiger partial charge in [-0.1, -0.05) is 37.3 Å². The fourth-order valence-corrected chi connectivity index (χ4v) is 3.64. The second-order valence-corrected chi connectivity index (χ2v) is 7.01. The van der Waals surface area contributed by atoms with E-state index in [0.29, 0.717) is 29.0 Å². The summed E-state index contributed by atoms with van der Waals surface area (Å²) in [4.78, 5) is 31.2. The smallest absolute Gasteiger partial charge is 0.269 e. The molecule has 29 heavy (non-hydrogen) atoms. The third-order valence-corrected chi connectivity index (χ3v) is 5.17. The molecule has 2 aromatic heterocycles. The van der Waals surface area contributed by atoms with Crippen molar-refractivity contribution in [3.63, 3.8) is 0 Å². The van der Waals surface area contributed by atoms with E-state index in [-0.39, 0.29) is 28.1 Å². The fraction of sp³-hybridized carbons (Fsp3) is 0.261. The van der Waals surface area contributed by atoms with Gasteiger partial charge in [-0.15, -0.1) is 0 Å². The number of ether oxygens (including phenoxy) is 1. The van der Waals surface area contributed by atoms with Crippen LogP contribution in [0.15, 0.2) is 62.5 Å². The number of nitrogens with zero attached hydrogens (tertiary/aromatic N) is 2. The molecule has 4 rings (SSSR count). The Hall–Kier alpha value is -3.41. The van der Waals surface area contributed by atoms with Crippen LogP contribution in [-0.2, 0) is 6.42 Å². The monoisotopic (exact) mass is 390 g/mol. The number of rotatable bonds is 5. The zero-order chi connectivity index (χ0) is 20.5. The lowest BCUT2D eigenvalue weighted by atomic mass is 10.1. The summed E-state index contributed by atoms with van der Waals surface area (Å²) in [5.41, 5.74) is 0.647. The van der Waals surface area contributed by atoms with Crippen molar-refractivity contribution in [3.8, 4) is 5.75 Å². The Bertz CT molecular complexity index is 1310. The van der Waals surface area contributed by atoms with Gasteiger partial charge in [0.15, 0.2) is 5.39 Å². The van der Waals surface area contributed by atoms with Gasteiger partial charge in [-0.05, 0) is 31.0 Å². The topological polar surface area (TPSA) is 74.3 Å². The van der Waals surface area contributed by atoms with Crippen LogP contribution in [0.25, 0.3) is 22.1 Å².